The van der Waals surface area contributed by atoms with Crippen LogP contribution in [0.15, 0.2) is 0 Å². The van der Waals surface area contributed by atoms with Crippen LogP contribution in [-0.4, -0.2) is 48.8 Å². The minimum absolute atomic E-state index is 0.439. The van der Waals surface area contributed by atoms with Gasteiger partial charge in [-0.05, 0) is 52.2 Å². The topological polar surface area (TPSA) is 35.5 Å². The Balaban J connectivity index is 2.01. The normalized spacial score (nSPS) is 44.2. The van der Waals surface area contributed by atoms with Crippen LogP contribution in [0.25, 0.3) is 0 Å². The predicted octanol–water partition coefficient (Wildman–Crippen LogP) is 0.689. The van der Waals surface area contributed by atoms with Gasteiger partial charge in [0.2, 0.25) is 0 Å². The molecule has 2 saturated heterocycles. The highest BCUT2D eigenvalue weighted by Gasteiger charge is 2.40. The van der Waals surface area contributed by atoms with Gasteiger partial charge in [0, 0.05) is 19.0 Å². The minimum atomic E-state index is -0.450. The molecule has 3 heteroatoms. The molecule has 2 rings (SSSR count). The second kappa shape index (κ2) is 4.40. The van der Waals surface area contributed by atoms with Crippen molar-refractivity contribution >= 4 is 0 Å². The summed E-state index contributed by atoms with van der Waals surface area (Å²) in [6, 6.07) is 0. The molecule has 0 aromatic rings. The van der Waals surface area contributed by atoms with Crippen molar-refractivity contribution in [1.82, 2.24) is 10.2 Å². The maximum absolute atomic E-state index is 10.4. The van der Waals surface area contributed by atoms with Crippen molar-refractivity contribution in [2.24, 2.45) is 11.8 Å². The molecule has 15 heavy (non-hydrogen) atoms. The van der Waals surface area contributed by atoms with E-state index < -0.39 is 5.60 Å². The molecule has 0 aromatic carbocycles. The Hall–Kier alpha value is -0.120. The zero-order chi connectivity index (χ0) is 10.9. The number of piperidine rings is 2. The fourth-order valence-electron chi connectivity index (χ4n) is 3.21. The van der Waals surface area contributed by atoms with Gasteiger partial charge in [-0.1, -0.05) is 0 Å². The van der Waals surface area contributed by atoms with Gasteiger partial charge >= 0.3 is 0 Å². The highest BCUT2D eigenvalue weighted by Crippen LogP contribution is 2.34. The fourth-order valence-corrected chi connectivity index (χ4v) is 3.21. The molecule has 0 saturated carbocycles. The molecule has 2 aliphatic heterocycles. The fraction of sp³-hybridized carbons (Fsp3) is 1.00. The molecular weight excluding hydrogens is 188 g/mol. The van der Waals surface area contributed by atoms with Gasteiger partial charge in [-0.25, -0.2) is 0 Å². The summed E-state index contributed by atoms with van der Waals surface area (Å²) in [5.74, 6) is 1.11. The Morgan fingerprint density at radius 2 is 2.27 bits per heavy atom. The van der Waals surface area contributed by atoms with Gasteiger partial charge in [0.15, 0.2) is 0 Å². The van der Waals surface area contributed by atoms with Crippen molar-refractivity contribution in [2.75, 3.05) is 33.2 Å². The Kier molecular flexibility index (Phi) is 3.33. The van der Waals surface area contributed by atoms with Crippen LogP contribution in [0.4, 0.5) is 0 Å². The first-order valence-corrected chi connectivity index (χ1v) is 6.21. The largest absolute Gasteiger partial charge is 0.390 e. The lowest BCUT2D eigenvalue weighted by Crippen LogP contribution is -2.54. The first-order valence-electron chi connectivity index (χ1n) is 6.21. The van der Waals surface area contributed by atoms with Gasteiger partial charge in [-0.2, -0.15) is 0 Å². The third kappa shape index (κ3) is 2.52. The molecule has 88 valence electrons. The van der Waals surface area contributed by atoms with Crippen molar-refractivity contribution in [3.8, 4) is 0 Å². The van der Waals surface area contributed by atoms with Crippen LogP contribution in [0, 0.1) is 11.8 Å². The number of nitrogens with zero attached hydrogens (tertiary/aromatic N) is 1. The van der Waals surface area contributed by atoms with Gasteiger partial charge in [0.25, 0.3) is 0 Å². The van der Waals surface area contributed by atoms with E-state index in [1.165, 1.54) is 19.4 Å². The monoisotopic (exact) mass is 212 g/mol. The van der Waals surface area contributed by atoms with Crippen molar-refractivity contribution in [1.29, 1.82) is 0 Å². The van der Waals surface area contributed by atoms with E-state index in [0.717, 1.165) is 26.1 Å². The van der Waals surface area contributed by atoms with Crippen LogP contribution < -0.4 is 5.32 Å². The number of nitrogens with one attached hydrogen (secondary N) is 1. The number of rotatable bonds is 1. The summed E-state index contributed by atoms with van der Waals surface area (Å²) in [7, 11) is 2.19. The number of hydrogen-bond donors (Lipinski definition) is 2. The number of hydrogen-bond acceptors (Lipinski definition) is 3. The van der Waals surface area contributed by atoms with Gasteiger partial charge < -0.3 is 15.3 Å². The molecule has 2 heterocycles. The van der Waals surface area contributed by atoms with E-state index in [2.05, 4.69) is 17.3 Å². The maximum Gasteiger partial charge on any atom is 0.0675 e. The Morgan fingerprint density at radius 1 is 1.47 bits per heavy atom. The van der Waals surface area contributed by atoms with E-state index in [1.54, 1.807) is 0 Å². The van der Waals surface area contributed by atoms with E-state index >= 15 is 0 Å². The number of likely N-dealkylation sites (tertiary alicyclic amines) is 1. The third-order valence-corrected chi connectivity index (χ3v) is 4.20. The van der Waals surface area contributed by atoms with Gasteiger partial charge in [0.1, 0.15) is 0 Å². The average molecular weight is 212 g/mol. The van der Waals surface area contributed by atoms with E-state index in [9.17, 15) is 5.11 Å². The van der Waals surface area contributed by atoms with Gasteiger partial charge in [-0.3, -0.25) is 0 Å². The highest BCUT2D eigenvalue weighted by molar-refractivity contribution is 4.93. The van der Waals surface area contributed by atoms with Crippen LogP contribution in [0.3, 0.4) is 0 Å². The zero-order valence-corrected chi connectivity index (χ0v) is 10.00. The van der Waals surface area contributed by atoms with Gasteiger partial charge in [0.05, 0.1) is 5.60 Å². The summed E-state index contributed by atoms with van der Waals surface area (Å²) in [5, 5.41) is 13.8. The lowest BCUT2D eigenvalue weighted by molar-refractivity contribution is -0.0593. The minimum Gasteiger partial charge on any atom is -0.390 e. The number of aliphatic hydroxyl groups is 1. The summed E-state index contributed by atoms with van der Waals surface area (Å²) in [5.41, 5.74) is -0.450. The Labute approximate surface area is 92.8 Å². The molecule has 2 fully saturated rings. The lowest BCUT2D eigenvalue weighted by Gasteiger charge is -2.45. The van der Waals surface area contributed by atoms with E-state index in [1.807, 2.05) is 6.92 Å². The van der Waals surface area contributed by atoms with Gasteiger partial charge in [-0.15, -0.1) is 0 Å². The standard InChI is InChI=1S/C12H24N2O/c1-12(15)5-6-13-8-11(12)10-4-3-7-14(2)9-10/h10-11,13,15H,3-9H2,1-2H3. The molecule has 0 bridgehead atoms. The quantitative estimate of drug-likeness (QED) is 0.671. The third-order valence-electron chi connectivity index (χ3n) is 4.20. The second-order valence-electron chi connectivity index (χ2n) is 5.58. The van der Waals surface area contributed by atoms with Crippen LogP contribution in [0.5, 0.6) is 0 Å². The zero-order valence-electron chi connectivity index (χ0n) is 10.00. The molecule has 3 nitrogen and oxygen atoms in total. The lowest BCUT2D eigenvalue weighted by atomic mass is 9.72. The molecule has 0 radical (unpaired) electrons. The molecule has 2 N–H and O–H groups in total. The SMILES string of the molecule is CN1CCCC(C2CNCCC2(C)O)C1. The molecule has 0 aromatic heterocycles. The van der Waals surface area contributed by atoms with Crippen molar-refractivity contribution < 1.29 is 5.11 Å². The van der Waals surface area contributed by atoms with E-state index in [4.69, 9.17) is 0 Å². The summed E-state index contributed by atoms with van der Waals surface area (Å²) in [6.45, 7) is 6.35. The van der Waals surface area contributed by atoms with Crippen LogP contribution in [0.1, 0.15) is 26.2 Å². The van der Waals surface area contributed by atoms with Crippen LogP contribution in [-0.2, 0) is 0 Å². The van der Waals surface area contributed by atoms with Crippen molar-refractivity contribution in [3.05, 3.63) is 0 Å². The van der Waals surface area contributed by atoms with E-state index in [-0.39, 0.29) is 0 Å². The highest BCUT2D eigenvalue weighted by atomic mass is 16.3. The maximum atomic E-state index is 10.4. The first kappa shape index (κ1) is 11.4. The molecular formula is C12H24N2O. The van der Waals surface area contributed by atoms with Crippen molar-refractivity contribution in [3.63, 3.8) is 0 Å². The first-order chi connectivity index (χ1) is 7.09. The summed E-state index contributed by atoms with van der Waals surface area (Å²) >= 11 is 0. The molecule has 0 spiro atoms. The molecule has 0 aliphatic carbocycles. The summed E-state index contributed by atoms with van der Waals surface area (Å²) in [6.07, 6.45) is 3.47. The van der Waals surface area contributed by atoms with Crippen molar-refractivity contribution in [2.45, 2.75) is 31.8 Å². The van der Waals surface area contributed by atoms with Crippen LogP contribution in [0.2, 0.25) is 0 Å². The Bertz CT molecular complexity index is 218. The molecule has 0 amide bonds. The van der Waals surface area contributed by atoms with E-state index in [0.29, 0.717) is 11.8 Å². The smallest absolute Gasteiger partial charge is 0.0675 e. The molecule has 2 aliphatic rings. The average Bonchev–Trinajstić information content (AvgIpc) is 2.17. The Morgan fingerprint density at radius 3 is 2.93 bits per heavy atom. The second-order valence-corrected chi connectivity index (χ2v) is 5.58. The summed E-state index contributed by atoms with van der Waals surface area (Å²) in [4.78, 5) is 2.40. The van der Waals surface area contributed by atoms with Crippen LogP contribution >= 0.6 is 0 Å². The predicted molar refractivity (Wildman–Crippen MR) is 61.8 cm³/mol. The summed E-state index contributed by atoms with van der Waals surface area (Å²) < 4.78 is 0. The molecule has 3 unspecified atom stereocenters. The molecule has 3 atom stereocenters.